The zero-order valence-electron chi connectivity index (χ0n) is 15.1. The number of likely N-dealkylation sites (tertiary alicyclic amines) is 1. The quantitative estimate of drug-likeness (QED) is 0.590. The third kappa shape index (κ3) is 5.62. The Kier molecular flexibility index (Phi) is 7.32. The number of nitrogens with two attached hydrogens (primary N) is 1. The Morgan fingerprint density at radius 3 is 2.32 bits per heavy atom. The van der Waals surface area contributed by atoms with Gasteiger partial charge in [0.1, 0.15) is 6.10 Å². The highest BCUT2D eigenvalue weighted by molar-refractivity contribution is 5.95. The first-order valence-corrected chi connectivity index (χ1v) is 8.77. The van der Waals surface area contributed by atoms with Crippen molar-refractivity contribution in [3.05, 3.63) is 65.2 Å². The number of esters is 1. The summed E-state index contributed by atoms with van der Waals surface area (Å²) in [5.74, 6) is -0.678. The lowest BCUT2D eigenvalue weighted by molar-refractivity contribution is -0.137. The van der Waals surface area contributed by atoms with E-state index in [4.69, 9.17) is 10.5 Å². The first-order chi connectivity index (χ1) is 12.8. The molecule has 0 bridgehead atoms. The van der Waals surface area contributed by atoms with E-state index in [0.29, 0.717) is 12.8 Å². The van der Waals surface area contributed by atoms with Crippen LogP contribution in [0.3, 0.4) is 0 Å². The molecule has 1 saturated heterocycles. The molecule has 0 aliphatic carbocycles. The van der Waals surface area contributed by atoms with Crippen molar-refractivity contribution in [2.75, 3.05) is 18.8 Å². The Balaban J connectivity index is 0.00000280. The summed E-state index contributed by atoms with van der Waals surface area (Å²) < 4.78 is 43.5. The highest BCUT2D eigenvalue weighted by Crippen LogP contribution is 2.31. The van der Waals surface area contributed by atoms with Crippen LogP contribution in [0.15, 0.2) is 48.5 Å². The lowest BCUT2D eigenvalue weighted by atomic mass is 10.1. The Labute approximate surface area is 167 Å². The average molecular weight is 415 g/mol. The summed E-state index contributed by atoms with van der Waals surface area (Å²) in [6.07, 6.45) is -3.40. The maximum absolute atomic E-state index is 12.7. The van der Waals surface area contributed by atoms with E-state index in [1.165, 1.54) is 5.56 Å². The molecule has 0 radical (unpaired) electrons. The second kappa shape index (κ2) is 9.30. The van der Waals surface area contributed by atoms with Gasteiger partial charge in [-0.05, 0) is 36.6 Å². The van der Waals surface area contributed by atoms with E-state index >= 15 is 0 Å². The molecule has 4 nitrogen and oxygen atoms in total. The first-order valence-electron chi connectivity index (χ1n) is 8.77. The third-order valence-electron chi connectivity index (χ3n) is 4.66. The largest absolute Gasteiger partial charge is 0.459 e. The lowest BCUT2D eigenvalue weighted by Gasteiger charge is -2.31. The molecule has 152 valence electrons. The molecular formula is C20H22ClF3N2O2. The van der Waals surface area contributed by atoms with Gasteiger partial charge >= 0.3 is 12.1 Å². The van der Waals surface area contributed by atoms with Crippen molar-refractivity contribution < 1.29 is 22.7 Å². The minimum atomic E-state index is -4.50. The summed E-state index contributed by atoms with van der Waals surface area (Å²) in [7, 11) is 0. The number of carbonyl (C=O) groups is 1. The van der Waals surface area contributed by atoms with Crippen molar-refractivity contribution in [1.29, 1.82) is 0 Å². The van der Waals surface area contributed by atoms with Crippen LogP contribution >= 0.6 is 12.4 Å². The molecule has 3 rings (SSSR count). The Bertz CT molecular complexity index is 792. The van der Waals surface area contributed by atoms with E-state index in [1.54, 1.807) is 0 Å². The van der Waals surface area contributed by atoms with Gasteiger partial charge in [0.2, 0.25) is 0 Å². The smallest absolute Gasteiger partial charge is 0.416 e. The molecule has 1 heterocycles. The summed E-state index contributed by atoms with van der Waals surface area (Å²) in [6, 6.07) is 12.8. The number of piperidine rings is 1. The standard InChI is InChI=1S/C20H21F3N2O2.ClH/c21-20(22,23)15-6-7-17(18(24)12-15)19(26)27-16-8-10-25(11-9-16)13-14-4-2-1-3-5-14;/h1-7,12,16H,8-11,13,24H2;1H. The molecule has 2 aromatic rings. The van der Waals surface area contributed by atoms with Gasteiger partial charge in [0, 0.05) is 25.3 Å². The number of rotatable bonds is 4. The molecule has 1 aliphatic rings. The maximum Gasteiger partial charge on any atom is 0.416 e. The predicted molar refractivity (Wildman–Crippen MR) is 103 cm³/mol. The number of carbonyl (C=O) groups excluding carboxylic acids is 1. The van der Waals surface area contributed by atoms with Gasteiger partial charge in [-0.25, -0.2) is 4.79 Å². The van der Waals surface area contributed by atoms with Crippen molar-refractivity contribution in [3.63, 3.8) is 0 Å². The van der Waals surface area contributed by atoms with Crippen LogP contribution in [-0.4, -0.2) is 30.1 Å². The fourth-order valence-corrected chi connectivity index (χ4v) is 3.17. The zero-order valence-corrected chi connectivity index (χ0v) is 15.9. The summed E-state index contributed by atoms with van der Waals surface area (Å²) in [5, 5.41) is 0. The highest BCUT2D eigenvalue weighted by Gasteiger charge is 2.31. The van der Waals surface area contributed by atoms with Crippen LogP contribution in [0.4, 0.5) is 18.9 Å². The molecule has 2 N–H and O–H groups in total. The first kappa shape index (κ1) is 22.0. The number of halogens is 4. The van der Waals surface area contributed by atoms with E-state index in [9.17, 15) is 18.0 Å². The minimum absolute atomic E-state index is 0. The predicted octanol–water partition coefficient (Wildman–Crippen LogP) is 4.53. The van der Waals surface area contributed by atoms with E-state index in [1.807, 2.05) is 18.2 Å². The summed E-state index contributed by atoms with van der Waals surface area (Å²) in [6.45, 7) is 2.41. The molecule has 2 aromatic carbocycles. The molecule has 0 atom stereocenters. The molecule has 8 heteroatoms. The number of benzene rings is 2. The zero-order chi connectivity index (χ0) is 19.4. The second-order valence-corrected chi connectivity index (χ2v) is 6.67. The van der Waals surface area contributed by atoms with Gasteiger partial charge < -0.3 is 10.5 Å². The van der Waals surface area contributed by atoms with Gasteiger partial charge in [0.15, 0.2) is 0 Å². The van der Waals surface area contributed by atoms with Crippen molar-refractivity contribution in [1.82, 2.24) is 4.90 Å². The summed E-state index contributed by atoms with van der Waals surface area (Å²) in [4.78, 5) is 14.6. The topological polar surface area (TPSA) is 55.6 Å². The van der Waals surface area contributed by atoms with Gasteiger partial charge in [0.25, 0.3) is 0 Å². The van der Waals surface area contributed by atoms with Crippen LogP contribution in [0.2, 0.25) is 0 Å². The molecule has 28 heavy (non-hydrogen) atoms. The molecule has 0 aromatic heterocycles. The monoisotopic (exact) mass is 414 g/mol. The van der Waals surface area contributed by atoms with Crippen LogP contribution in [0.1, 0.15) is 34.3 Å². The number of anilines is 1. The molecule has 0 saturated carbocycles. The van der Waals surface area contributed by atoms with Crippen LogP contribution < -0.4 is 5.73 Å². The van der Waals surface area contributed by atoms with Gasteiger partial charge in [0.05, 0.1) is 11.1 Å². The van der Waals surface area contributed by atoms with Gasteiger partial charge in [-0.15, -0.1) is 12.4 Å². The lowest BCUT2D eigenvalue weighted by Crippen LogP contribution is -2.37. The maximum atomic E-state index is 12.7. The third-order valence-corrected chi connectivity index (χ3v) is 4.66. The molecule has 1 aliphatic heterocycles. The molecule has 0 amide bonds. The Morgan fingerprint density at radius 1 is 1.11 bits per heavy atom. The Morgan fingerprint density at radius 2 is 1.75 bits per heavy atom. The highest BCUT2D eigenvalue weighted by atomic mass is 35.5. The van der Waals surface area contributed by atoms with Crippen LogP contribution in [0.25, 0.3) is 0 Å². The number of ether oxygens (including phenoxy) is 1. The second-order valence-electron chi connectivity index (χ2n) is 6.67. The average Bonchev–Trinajstić information content (AvgIpc) is 2.63. The molecule has 1 fully saturated rings. The Hall–Kier alpha value is -2.25. The number of nitrogens with zero attached hydrogens (tertiary/aromatic N) is 1. The van der Waals surface area contributed by atoms with Crippen LogP contribution in [0, 0.1) is 0 Å². The van der Waals surface area contributed by atoms with Crippen molar-refractivity contribution in [2.45, 2.75) is 31.7 Å². The van der Waals surface area contributed by atoms with Crippen molar-refractivity contribution in [2.24, 2.45) is 0 Å². The van der Waals surface area contributed by atoms with Crippen molar-refractivity contribution in [3.8, 4) is 0 Å². The molecular weight excluding hydrogens is 393 g/mol. The molecule has 0 unspecified atom stereocenters. The fraction of sp³-hybridized carbons (Fsp3) is 0.350. The van der Waals surface area contributed by atoms with Crippen LogP contribution in [-0.2, 0) is 17.5 Å². The van der Waals surface area contributed by atoms with Crippen molar-refractivity contribution >= 4 is 24.1 Å². The van der Waals surface area contributed by atoms with E-state index in [2.05, 4.69) is 17.0 Å². The molecule has 0 spiro atoms. The minimum Gasteiger partial charge on any atom is -0.459 e. The normalized spacial score (nSPS) is 15.7. The van der Waals surface area contributed by atoms with E-state index in [-0.39, 0.29) is 29.8 Å². The summed E-state index contributed by atoms with van der Waals surface area (Å²) in [5.41, 5.74) is 5.71. The van der Waals surface area contributed by atoms with Gasteiger partial charge in [-0.2, -0.15) is 13.2 Å². The van der Waals surface area contributed by atoms with Gasteiger partial charge in [-0.1, -0.05) is 30.3 Å². The SMILES string of the molecule is Cl.Nc1cc(C(F)(F)F)ccc1C(=O)OC1CCN(Cc2ccccc2)CC1. The fourth-order valence-electron chi connectivity index (χ4n) is 3.17. The number of hydrogen-bond donors (Lipinski definition) is 1. The van der Waals surface area contributed by atoms with E-state index < -0.39 is 17.7 Å². The number of nitrogen functional groups attached to an aromatic ring is 1. The van der Waals surface area contributed by atoms with Gasteiger partial charge in [-0.3, -0.25) is 4.90 Å². The van der Waals surface area contributed by atoms with Crippen LogP contribution in [0.5, 0.6) is 0 Å². The number of alkyl halides is 3. The number of hydrogen-bond acceptors (Lipinski definition) is 4. The van der Waals surface area contributed by atoms with E-state index in [0.717, 1.165) is 37.8 Å². The summed E-state index contributed by atoms with van der Waals surface area (Å²) >= 11 is 0.